The Labute approximate surface area is 110 Å². The molecule has 0 unspecified atom stereocenters. The average molecular weight is 297 g/mol. The summed E-state index contributed by atoms with van der Waals surface area (Å²) in [5, 5.41) is 2.99. The van der Waals surface area contributed by atoms with Gasteiger partial charge in [-0.25, -0.2) is 0 Å². The van der Waals surface area contributed by atoms with Gasteiger partial charge in [0.1, 0.15) is 0 Å². The van der Waals surface area contributed by atoms with Crippen molar-refractivity contribution in [2.45, 2.75) is 12.8 Å². The van der Waals surface area contributed by atoms with Crippen LogP contribution in [-0.2, 0) is 4.79 Å². The lowest BCUT2D eigenvalue weighted by Crippen LogP contribution is -2.38. The van der Waals surface area contributed by atoms with Crippen LogP contribution in [0.15, 0.2) is 28.7 Å². The number of likely N-dealkylation sites (tertiary alicyclic amines) is 1. The van der Waals surface area contributed by atoms with Crippen LogP contribution in [0.5, 0.6) is 0 Å². The van der Waals surface area contributed by atoms with Crippen LogP contribution in [0.1, 0.15) is 12.8 Å². The zero-order valence-corrected chi connectivity index (χ0v) is 11.5. The molecule has 1 fully saturated rings. The molecule has 0 aromatic heterocycles. The summed E-state index contributed by atoms with van der Waals surface area (Å²) >= 11 is 3.44. The van der Waals surface area contributed by atoms with Crippen molar-refractivity contribution in [3.05, 3.63) is 28.7 Å². The van der Waals surface area contributed by atoms with Crippen molar-refractivity contribution in [1.29, 1.82) is 0 Å². The summed E-state index contributed by atoms with van der Waals surface area (Å²) in [5.74, 6) is 0.240. The van der Waals surface area contributed by atoms with E-state index in [0.717, 1.165) is 36.1 Å². The van der Waals surface area contributed by atoms with Crippen molar-refractivity contribution in [2.75, 3.05) is 25.5 Å². The maximum absolute atomic E-state index is 12.1. The van der Waals surface area contributed by atoms with Crippen molar-refractivity contribution < 1.29 is 4.79 Å². The summed E-state index contributed by atoms with van der Waals surface area (Å²) in [6.45, 7) is 1.95. The molecule has 3 nitrogen and oxygen atoms in total. The summed E-state index contributed by atoms with van der Waals surface area (Å²) in [7, 11) is 2.07. The Morgan fingerprint density at radius 3 is 2.94 bits per heavy atom. The first-order valence-electron chi connectivity index (χ1n) is 5.91. The lowest BCUT2D eigenvalue weighted by molar-refractivity contribution is -0.121. The second-order valence-corrected chi connectivity index (χ2v) is 5.42. The minimum absolute atomic E-state index is 0.112. The number of nitrogens with one attached hydrogen (secondary N) is 1. The maximum Gasteiger partial charge on any atom is 0.228 e. The Kier molecular flexibility index (Phi) is 4.18. The number of halogens is 1. The molecule has 1 saturated heterocycles. The Morgan fingerprint density at radius 1 is 1.47 bits per heavy atom. The molecule has 1 aromatic rings. The van der Waals surface area contributed by atoms with Crippen LogP contribution >= 0.6 is 15.9 Å². The molecule has 0 spiro atoms. The molecule has 0 radical (unpaired) electrons. The fourth-order valence-electron chi connectivity index (χ4n) is 2.18. The van der Waals surface area contributed by atoms with E-state index in [4.69, 9.17) is 0 Å². The van der Waals surface area contributed by atoms with Gasteiger partial charge in [0.05, 0.1) is 11.6 Å². The molecule has 1 N–H and O–H groups in total. The molecule has 1 aliphatic rings. The van der Waals surface area contributed by atoms with Gasteiger partial charge in [-0.3, -0.25) is 4.79 Å². The molecule has 1 aromatic carbocycles. The van der Waals surface area contributed by atoms with Gasteiger partial charge in [-0.2, -0.15) is 0 Å². The zero-order chi connectivity index (χ0) is 12.3. The minimum atomic E-state index is 0.112. The van der Waals surface area contributed by atoms with Crippen LogP contribution in [0.25, 0.3) is 0 Å². The highest BCUT2D eigenvalue weighted by molar-refractivity contribution is 9.10. The summed E-state index contributed by atoms with van der Waals surface area (Å²) < 4.78 is 0.928. The number of nitrogens with zero attached hydrogens (tertiary/aromatic N) is 1. The van der Waals surface area contributed by atoms with Crippen molar-refractivity contribution in [1.82, 2.24) is 4.90 Å². The third-order valence-electron chi connectivity index (χ3n) is 3.13. The third-order valence-corrected chi connectivity index (χ3v) is 3.82. The molecule has 1 atom stereocenters. The Bertz CT molecular complexity index is 408. The first-order chi connectivity index (χ1) is 8.16. The van der Waals surface area contributed by atoms with Crippen molar-refractivity contribution in [3.63, 3.8) is 0 Å². The molecule has 0 bridgehead atoms. The molecular formula is C13H17BrN2O. The second kappa shape index (κ2) is 5.65. The number of rotatable bonds is 2. The van der Waals surface area contributed by atoms with E-state index in [1.807, 2.05) is 24.3 Å². The SMILES string of the molecule is CN1CCC[C@@H](C(=O)Nc2ccccc2Br)C1. The molecule has 17 heavy (non-hydrogen) atoms. The minimum Gasteiger partial charge on any atom is -0.325 e. The smallest absolute Gasteiger partial charge is 0.228 e. The summed E-state index contributed by atoms with van der Waals surface area (Å²) in [6, 6.07) is 7.71. The highest BCUT2D eigenvalue weighted by Crippen LogP contribution is 2.23. The quantitative estimate of drug-likeness (QED) is 0.910. The summed E-state index contributed by atoms with van der Waals surface area (Å²) in [5.41, 5.74) is 0.853. The first-order valence-corrected chi connectivity index (χ1v) is 6.70. The van der Waals surface area contributed by atoms with Gasteiger partial charge in [-0.1, -0.05) is 12.1 Å². The lowest BCUT2D eigenvalue weighted by atomic mass is 9.97. The van der Waals surface area contributed by atoms with Crippen molar-refractivity contribution in [2.24, 2.45) is 5.92 Å². The van der Waals surface area contributed by atoms with Gasteiger partial charge in [0, 0.05) is 11.0 Å². The van der Waals surface area contributed by atoms with E-state index in [0.29, 0.717) is 0 Å². The molecule has 4 heteroatoms. The normalized spacial score (nSPS) is 21.2. The van der Waals surface area contributed by atoms with E-state index in [2.05, 4.69) is 33.2 Å². The first kappa shape index (κ1) is 12.6. The van der Waals surface area contributed by atoms with Crippen LogP contribution in [0.3, 0.4) is 0 Å². The van der Waals surface area contributed by atoms with Gasteiger partial charge in [-0.05, 0) is 54.5 Å². The number of benzene rings is 1. The van der Waals surface area contributed by atoms with E-state index in [9.17, 15) is 4.79 Å². The predicted molar refractivity (Wildman–Crippen MR) is 73.0 cm³/mol. The molecule has 0 saturated carbocycles. The summed E-state index contributed by atoms with van der Waals surface area (Å²) in [4.78, 5) is 14.3. The Hall–Kier alpha value is -0.870. The molecule has 0 aliphatic carbocycles. The molecule has 1 amide bonds. The fraction of sp³-hybridized carbons (Fsp3) is 0.462. The lowest BCUT2D eigenvalue weighted by Gasteiger charge is -2.28. The van der Waals surface area contributed by atoms with Crippen LogP contribution in [0.2, 0.25) is 0 Å². The van der Waals surface area contributed by atoms with Crippen molar-refractivity contribution >= 4 is 27.5 Å². The van der Waals surface area contributed by atoms with Gasteiger partial charge in [-0.15, -0.1) is 0 Å². The van der Waals surface area contributed by atoms with Gasteiger partial charge >= 0.3 is 0 Å². The standard InChI is InChI=1S/C13H17BrN2O/c1-16-8-4-5-10(9-16)13(17)15-12-7-3-2-6-11(12)14/h2-3,6-7,10H,4-5,8-9H2,1H3,(H,15,17)/t10-/m1/s1. The van der Waals surface area contributed by atoms with Crippen LogP contribution in [-0.4, -0.2) is 30.9 Å². The summed E-state index contributed by atoms with van der Waals surface area (Å²) in [6.07, 6.45) is 2.09. The van der Waals surface area contributed by atoms with E-state index in [-0.39, 0.29) is 11.8 Å². The number of piperidine rings is 1. The Morgan fingerprint density at radius 2 is 2.24 bits per heavy atom. The van der Waals surface area contributed by atoms with E-state index >= 15 is 0 Å². The van der Waals surface area contributed by atoms with Crippen LogP contribution in [0.4, 0.5) is 5.69 Å². The predicted octanol–water partition coefficient (Wildman–Crippen LogP) is 2.73. The Balaban J connectivity index is 1.99. The van der Waals surface area contributed by atoms with E-state index < -0.39 is 0 Å². The van der Waals surface area contributed by atoms with Crippen LogP contribution in [0, 0.1) is 5.92 Å². The average Bonchev–Trinajstić information content (AvgIpc) is 2.32. The van der Waals surface area contributed by atoms with Gasteiger partial charge in [0.2, 0.25) is 5.91 Å². The molecule has 2 rings (SSSR count). The number of carbonyl (C=O) groups excluding carboxylic acids is 1. The van der Waals surface area contributed by atoms with E-state index in [1.165, 1.54) is 0 Å². The molecule has 1 aliphatic heterocycles. The number of carbonyl (C=O) groups is 1. The number of hydrogen-bond acceptors (Lipinski definition) is 2. The van der Waals surface area contributed by atoms with Gasteiger partial charge in [0.25, 0.3) is 0 Å². The number of para-hydroxylation sites is 1. The van der Waals surface area contributed by atoms with Gasteiger partial charge < -0.3 is 10.2 Å². The molecule has 1 heterocycles. The highest BCUT2D eigenvalue weighted by atomic mass is 79.9. The second-order valence-electron chi connectivity index (χ2n) is 4.57. The topological polar surface area (TPSA) is 32.3 Å². The van der Waals surface area contributed by atoms with Crippen LogP contribution < -0.4 is 5.32 Å². The zero-order valence-electron chi connectivity index (χ0n) is 9.95. The molecular weight excluding hydrogens is 280 g/mol. The monoisotopic (exact) mass is 296 g/mol. The molecule has 92 valence electrons. The largest absolute Gasteiger partial charge is 0.325 e. The number of amides is 1. The van der Waals surface area contributed by atoms with Crippen molar-refractivity contribution in [3.8, 4) is 0 Å². The number of anilines is 1. The maximum atomic E-state index is 12.1. The third kappa shape index (κ3) is 3.30. The fourth-order valence-corrected chi connectivity index (χ4v) is 2.56. The van der Waals surface area contributed by atoms with Gasteiger partial charge in [0.15, 0.2) is 0 Å². The highest BCUT2D eigenvalue weighted by Gasteiger charge is 2.24. The number of hydrogen-bond donors (Lipinski definition) is 1. The van der Waals surface area contributed by atoms with E-state index in [1.54, 1.807) is 0 Å².